The fourth-order valence-corrected chi connectivity index (χ4v) is 9.31. The van der Waals surface area contributed by atoms with Crippen LogP contribution in [0, 0.1) is 17.8 Å². The van der Waals surface area contributed by atoms with Gasteiger partial charge in [-0.25, -0.2) is 4.79 Å². The minimum Gasteiger partial charge on any atom is -0.455 e. The lowest BCUT2D eigenvalue weighted by molar-refractivity contribution is -0.188. The maximum atomic E-state index is 14.6. The van der Waals surface area contributed by atoms with E-state index >= 15 is 0 Å². The van der Waals surface area contributed by atoms with E-state index in [1.54, 1.807) is 0 Å². The van der Waals surface area contributed by atoms with E-state index < -0.39 is 0 Å². The molecule has 3 aliphatic rings. The van der Waals surface area contributed by atoms with Crippen LogP contribution in [0.4, 0.5) is 0 Å². The zero-order valence-electron chi connectivity index (χ0n) is 28.4. The van der Waals surface area contributed by atoms with Gasteiger partial charge >= 0.3 is 5.97 Å². The molecule has 2 nitrogen and oxygen atoms in total. The Labute approximate surface area is 271 Å². The molecule has 44 heavy (non-hydrogen) atoms. The predicted octanol–water partition coefficient (Wildman–Crippen LogP) is 13.0. The summed E-state index contributed by atoms with van der Waals surface area (Å²) < 4.78 is 7.40. The van der Waals surface area contributed by atoms with Crippen LogP contribution < -0.4 is 0 Å². The molecule has 0 unspecified atom stereocenters. The second-order valence-electron chi connectivity index (χ2n) is 14.8. The highest BCUT2D eigenvalue weighted by Crippen LogP contribution is 2.51. The van der Waals surface area contributed by atoms with Crippen LogP contribution >= 0.6 is 0 Å². The Balaban J connectivity index is 1.79. The van der Waals surface area contributed by atoms with E-state index in [1.807, 2.05) is 30.3 Å². The molecule has 0 aromatic heterocycles. The summed E-state index contributed by atoms with van der Waals surface area (Å²) in [6.07, 6.45) is 37.2. The van der Waals surface area contributed by atoms with Crippen molar-refractivity contribution < 1.29 is 9.53 Å². The number of esters is 1. The Bertz CT molecular complexity index is 897. The van der Waals surface area contributed by atoms with Crippen molar-refractivity contribution in [1.29, 1.82) is 0 Å². The third-order valence-corrected chi connectivity index (χ3v) is 11.8. The molecule has 0 heterocycles. The highest BCUT2D eigenvalue weighted by atomic mass is 16.6. The molecular weight excluding hydrogens is 536 g/mol. The number of carbonyl (C=O) groups excluding carboxylic acids is 1. The molecule has 0 atom stereocenters. The fraction of sp³-hybridized carbons (Fsp3) is 0.738. The summed E-state index contributed by atoms with van der Waals surface area (Å²) in [6, 6.07) is 8.10. The van der Waals surface area contributed by atoms with Crippen molar-refractivity contribution in [2.24, 2.45) is 17.8 Å². The number of carbonyl (C=O) groups is 1. The average molecular weight is 603 g/mol. The Morgan fingerprint density at radius 2 is 0.886 bits per heavy atom. The van der Waals surface area contributed by atoms with Gasteiger partial charge in [-0.2, -0.15) is 0 Å². The minimum absolute atomic E-state index is 0.161. The molecule has 0 saturated heterocycles. The first-order chi connectivity index (χ1) is 21.7. The van der Waals surface area contributed by atoms with E-state index in [2.05, 4.69) is 13.2 Å². The molecule has 3 aliphatic carbocycles. The van der Waals surface area contributed by atoms with Gasteiger partial charge in [0.1, 0.15) is 5.60 Å². The molecular formula is C42H66O2. The molecule has 0 radical (unpaired) electrons. The first kappa shape index (κ1) is 35.0. The van der Waals surface area contributed by atoms with Crippen molar-refractivity contribution in [3.05, 3.63) is 48.6 Å². The Hall–Kier alpha value is -1.83. The lowest BCUT2D eigenvalue weighted by Crippen LogP contribution is -2.55. The monoisotopic (exact) mass is 603 g/mol. The van der Waals surface area contributed by atoms with Gasteiger partial charge < -0.3 is 4.74 Å². The second kappa shape index (κ2) is 19.6. The standard InChI is InChI=1S/C42H66O2/c1-3-36-27-25-26-34-40(36)35(2)41(43)44-42(37-28-19-13-7-4-8-14-20-29-37,38-30-21-15-9-5-10-16-22-31-38)39-32-23-17-11-6-12-18-24-33-39/h3,25-27,34,37-39H,1-2,4-24,28-33H2. The van der Waals surface area contributed by atoms with E-state index in [9.17, 15) is 4.79 Å². The molecule has 0 amide bonds. The van der Waals surface area contributed by atoms with Crippen LogP contribution in [0.3, 0.4) is 0 Å². The Kier molecular flexibility index (Phi) is 15.6. The van der Waals surface area contributed by atoms with Gasteiger partial charge in [0, 0.05) is 0 Å². The van der Waals surface area contributed by atoms with Crippen LogP contribution in [0.1, 0.15) is 184 Å². The molecule has 3 fully saturated rings. The number of benzene rings is 1. The third kappa shape index (κ3) is 10.1. The summed E-state index contributed by atoms with van der Waals surface area (Å²) in [7, 11) is 0. The van der Waals surface area contributed by atoms with Gasteiger partial charge in [-0.3, -0.25) is 0 Å². The van der Waals surface area contributed by atoms with Gasteiger partial charge in [-0.05, 0) is 67.4 Å². The van der Waals surface area contributed by atoms with Crippen molar-refractivity contribution >= 4 is 17.6 Å². The third-order valence-electron chi connectivity index (χ3n) is 11.8. The number of hydrogen-bond donors (Lipinski definition) is 0. The second-order valence-corrected chi connectivity index (χ2v) is 14.8. The molecule has 3 saturated carbocycles. The zero-order valence-corrected chi connectivity index (χ0v) is 28.4. The maximum absolute atomic E-state index is 14.6. The average Bonchev–Trinajstić information content (AvgIpc) is 3.07. The van der Waals surface area contributed by atoms with Crippen molar-refractivity contribution in [3.63, 3.8) is 0 Å². The molecule has 4 rings (SSSR count). The Morgan fingerprint density at radius 1 is 0.568 bits per heavy atom. The van der Waals surface area contributed by atoms with Crippen molar-refractivity contribution in [1.82, 2.24) is 0 Å². The molecule has 0 spiro atoms. The maximum Gasteiger partial charge on any atom is 0.338 e. The van der Waals surface area contributed by atoms with Gasteiger partial charge in [0.15, 0.2) is 0 Å². The number of ether oxygens (including phenoxy) is 1. The van der Waals surface area contributed by atoms with E-state index in [0.717, 1.165) is 11.1 Å². The van der Waals surface area contributed by atoms with Gasteiger partial charge in [0.25, 0.3) is 0 Å². The highest BCUT2D eigenvalue weighted by Gasteiger charge is 2.52. The van der Waals surface area contributed by atoms with Crippen molar-refractivity contribution in [2.45, 2.75) is 179 Å². The van der Waals surface area contributed by atoms with E-state index in [4.69, 9.17) is 4.74 Å². The van der Waals surface area contributed by atoms with Gasteiger partial charge in [0.2, 0.25) is 0 Å². The van der Waals surface area contributed by atoms with Gasteiger partial charge in [0.05, 0.1) is 5.57 Å². The summed E-state index contributed by atoms with van der Waals surface area (Å²) in [5, 5.41) is 0. The van der Waals surface area contributed by atoms with Crippen LogP contribution in [0.25, 0.3) is 11.6 Å². The normalized spacial score (nSPS) is 22.4. The van der Waals surface area contributed by atoms with Crippen molar-refractivity contribution in [2.75, 3.05) is 0 Å². The van der Waals surface area contributed by atoms with Gasteiger partial charge in [-0.15, -0.1) is 0 Å². The molecule has 1 aromatic rings. The zero-order chi connectivity index (χ0) is 30.9. The number of hydrogen-bond acceptors (Lipinski definition) is 2. The lowest BCUT2D eigenvalue weighted by atomic mass is 9.60. The lowest BCUT2D eigenvalue weighted by Gasteiger charge is -2.52. The summed E-state index contributed by atoms with van der Waals surface area (Å²) >= 11 is 0. The van der Waals surface area contributed by atoms with Crippen LogP contribution in [0.5, 0.6) is 0 Å². The van der Waals surface area contributed by atoms with E-state index in [0.29, 0.717) is 23.3 Å². The number of rotatable bonds is 7. The Morgan fingerprint density at radius 3 is 1.23 bits per heavy atom. The quantitative estimate of drug-likeness (QED) is 0.229. The largest absolute Gasteiger partial charge is 0.455 e. The van der Waals surface area contributed by atoms with E-state index in [1.165, 1.54) is 173 Å². The highest BCUT2D eigenvalue weighted by molar-refractivity contribution is 6.16. The molecule has 0 aliphatic heterocycles. The van der Waals surface area contributed by atoms with Crippen LogP contribution in [0.2, 0.25) is 0 Å². The summed E-state index contributed by atoms with van der Waals surface area (Å²) in [5.41, 5.74) is 1.98. The fourth-order valence-electron chi connectivity index (χ4n) is 9.31. The summed E-state index contributed by atoms with van der Waals surface area (Å²) in [4.78, 5) is 14.6. The predicted molar refractivity (Wildman–Crippen MR) is 190 cm³/mol. The smallest absolute Gasteiger partial charge is 0.338 e. The SMILES string of the molecule is C=Cc1ccccc1C(=C)C(=O)OC(C1CCCCCCCCC1)(C1CCCCCCCCC1)C1CCCCCCCCC1. The topological polar surface area (TPSA) is 26.3 Å². The first-order valence-electron chi connectivity index (χ1n) is 19.3. The molecule has 0 N–H and O–H groups in total. The first-order valence-corrected chi connectivity index (χ1v) is 19.3. The van der Waals surface area contributed by atoms with E-state index in [-0.39, 0.29) is 11.6 Å². The van der Waals surface area contributed by atoms with Gasteiger partial charge in [-0.1, -0.05) is 178 Å². The molecule has 2 heteroatoms. The van der Waals surface area contributed by atoms with Crippen LogP contribution in [-0.4, -0.2) is 11.6 Å². The molecule has 1 aromatic carbocycles. The molecule has 0 bridgehead atoms. The van der Waals surface area contributed by atoms with Crippen molar-refractivity contribution in [3.8, 4) is 0 Å². The molecule has 246 valence electrons. The van der Waals surface area contributed by atoms with Crippen LogP contribution in [0.15, 0.2) is 37.4 Å². The van der Waals surface area contributed by atoms with Crippen LogP contribution in [-0.2, 0) is 9.53 Å². The minimum atomic E-state index is -0.388. The summed E-state index contributed by atoms with van der Waals surface area (Å²) in [5.74, 6) is 1.19. The summed E-state index contributed by atoms with van der Waals surface area (Å²) in [6.45, 7) is 8.46.